The molecule has 3 heterocycles. The van der Waals surface area contributed by atoms with E-state index in [1.165, 1.54) is 6.20 Å². The number of Topliss-reactive ketones (excluding diaryl/α,β-unsaturated/α-hetero) is 1. The van der Waals surface area contributed by atoms with Crippen molar-refractivity contribution < 1.29 is 22.4 Å². The number of rotatable bonds is 5. The van der Waals surface area contributed by atoms with Crippen LogP contribution in [0.3, 0.4) is 0 Å². The van der Waals surface area contributed by atoms with E-state index in [1.807, 2.05) is 0 Å². The first kappa shape index (κ1) is 20.6. The van der Waals surface area contributed by atoms with Gasteiger partial charge in [-0.1, -0.05) is 11.6 Å². The molecule has 150 valence electrons. The number of hydrogen-bond acceptors (Lipinski definition) is 5. The molecule has 0 unspecified atom stereocenters. The number of aryl methyl sites for hydroxylation is 1. The van der Waals surface area contributed by atoms with Gasteiger partial charge >= 0.3 is 6.18 Å². The van der Waals surface area contributed by atoms with Crippen LogP contribution in [0.1, 0.15) is 31.2 Å². The van der Waals surface area contributed by atoms with Crippen LogP contribution in [0.25, 0.3) is 11.3 Å². The summed E-state index contributed by atoms with van der Waals surface area (Å²) < 4.78 is 51.3. The molecule has 2 aromatic rings. The number of pyridine rings is 1. The van der Waals surface area contributed by atoms with Crippen molar-refractivity contribution in [1.29, 1.82) is 0 Å². The third-order valence-electron chi connectivity index (χ3n) is 4.63. The molecule has 28 heavy (non-hydrogen) atoms. The summed E-state index contributed by atoms with van der Waals surface area (Å²) in [4.78, 5) is 23.0. The van der Waals surface area contributed by atoms with Crippen LogP contribution in [-0.2, 0) is 17.4 Å². The van der Waals surface area contributed by atoms with E-state index in [0.717, 1.165) is 12.4 Å². The Morgan fingerprint density at radius 1 is 1.25 bits per heavy atom. The minimum Gasteiger partial charge on any atom is -0.302 e. The first-order chi connectivity index (χ1) is 13.1. The highest BCUT2D eigenvalue weighted by atomic mass is 35.5. The molecule has 1 aliphatic heterocycles. The van der Waals surface area contributed by atoms with Crippen molar-refractivity contribution in [2.75, 3.05) is 0 Å². The van der Waals surface area contributed by atoms with Crippen molar-refractivity contribution in [1.82, 2.24) is 20.3 Å². The molecule has 1 fully saturated rings. The number of halogens is 5. The fraction of sp³-hybridized carbons (Fsp3) is 0.444. The molecule has 5 nitrogen and oxygen atoms in total. The molecule has 0 spiro atoms. The molecule has 3 rings (SSSR count). The molecule has 1 aliphatic rings. The lowest BCUT2D eigenvalue weighted by Gasteiger charge is -2.11. The lowest BCUT2D eigenvalue weighted by Crippen LogP contribution is -2.35. The second-order valence-electron chi connectivity index (χ2n) is 6.68. The van der Waals surface area contributed by atoms with Gasteiger partial charge in [-0.2, -0.15) is 13.2 Å². The van der Waals surface area contributed by atoms with Crippen molar-refractivity contribution in [2.45, 2.75) is 50.6 Å². The zero-order valence-electron chi connectivity index (χ0n) is 14.8. The number of hydrogen-bond donors (Lipinski definition) is 1. The van der Waals surface area contributed by atoms with Gasteiger partial charge in [-0.25, -0.2) is 14.4 Å². The molecule has 3 atom stereocenters. The van der Waals surface area contributed by atoms with E-state index in [2.05, 4.69) is 20.3 Å². The molecule has 0 radical (unpaired) electrons. The Hall–Kier alpha value is -2.13. The summed E-state index contributed by atoms with van der Waals surface area (Å²) in [6, 6.07) is 0.711. The SMILES string of the molecule is C[C@@H]1N[C@H](C(=O)CCc2cc(-c3cnc(C(F)(F)F)nc3)ncc2Cl)C[C@H]1F. The van der Waals surface area contributed by atoms with Gasteiger partial charge in [0.2, 0.25) is 5.82 Å². The van der Waals surface area contributed by atoms with Gasteiger partial charge in [0.15, 0.2) is 0 Å². The van der Waals surface area contributed by atoms with Gasteiger partial charge < -0.3 is 5.32 Å². The maximum absolute atomic E-state index is 13.6. The topological polar surface area (TPSA) is 67.8 Å². The Bertz CT molecular complexity index is 850. The van der Waals surface area contributed by atoms with Crippen molar-refractivity contribution in [3.8, 4) is 11.3 Å². The summed E-state index contributed by atoms with van der Waals surface area (Å²) in [5.74, 6) is -1.35. The van der Waals surface area contributed by atoms with Crippen LogP contribution >= 0.6 is 11.6 Å². The minimum absolute atomic E-state index is 0.112. The second kappa shape index (κ2) is 8.08. The van der Waals surface area contributed by atoms with E-state index < -0.39 is 24.2 Å². The van der Waals surface area contributed by atoms with Crippen molar-refractivity contribution in [3.05, 3.63) is 41.1 Å². The zero-order valence-corrected chi connectivity index (χ0v) is 15.6. The Labute approximate surface area is 163 Å². The van der Waals surface area contributed by atoms with E-state index in [-0.39, 0.29) is 24.7 Å². The Balaban J connectivity index is 1.70. The van der Waals surface area contributed by atoms with Crippen LogP contribution in [0.15, 0.2) is 24.7 Å². The molecule has 0 aliphatic carbocycles. The molecule has 10 heteroatoms. The van der Waals surface area contributed by atoms with E-state index in [1.54, 1.807) is 13.0 Å². The Morgan fingerprint density at radius 3 is 2.50 bits per heavy atom. The lowest BCUT2D eigenvalue weighted by molar-refractivity contribution is -0.145. The van der Waals surface area contributed by atoms with Crippen molar-refractivity contribution >= 4 is 17.4 Å². The minimum atomic E-state index is -4.62. The van der Waals surface area contributed by atoms with E-state index in [0.29, 0.717) is 28.3 Å². The summed E-state index contributed by atoms with van der Waals surface area (Å²) in [6.07, 6.45) is -1.63. The number of aromatic nitrogens is 3. The van der Waals surface area contributed by atoms with Crippen LogP contribution in [0.4, 0.5) is 17.6 Å². The monoisotopic (exact) mass is 416 g/mol. The van der Waals surface area contributed by atoms with E-state index in [4.69, 9.17) is 11.6 Å². The first-order valence-corrected chi connectivity index (χ1v) is 9.00. The summed E-state index contributed by atoms with van der Waals surface area (Å²) in [7, 11) is 0. The highest BCUT2D eigenvalue weighted by Gasteiger charge is 2.35. The third kappa shape index (κ3) is 4.64. The molecule has 0 bridgehead atoms. The molecular weight excluding hydrogens is 400 g/mol. The summed E-state index contributed by atoms with van der Waals surface area (Å²) in [6.45, 7) is 1.69. The molecule has 0 saturated carbocycles. The van der Waals surface area contributed by atoms with Crippen LogP contribution in [0, 0.1) is 0 Å². The fourth-order valence-corrected chi connectivity index (χ4v) is 3.21. The number of nitrogens with zero attached hydrogens (tertiary/aromatic N) is 3. The summed E-state index contributed by atoms with van der Waals surface area (Å²) in [5, 5.41) is 3.26. The van der Waals surface area contributed by atoms with Crippen molar-refractivity contribution in [3.63, 3.8) is 0 Å². The highest BCUT2D eigenvalue weighted by molar-refractivity contribution is 6.31. The van der Waals surface area contributed by atoms with Gasteiger partial charge in [0, 0.05) is 43.0 Å². The standard InChI is InChI=1S/C18H17ClF4N4O/c1-9-13(20)5-15(27-9)16(28)3-2-10-4-14(24-8-12(10)19)11-6-25-17(26-7-11)18(21,22)23/h4,6-9,13,15,27H,2-3,5H2,1H3/t9-,13+,15-/m0/s1. The quantitative estimate of drug-likeness (QED) is 0.751. The smallest absolute Gasteiger partial charge is 0.302 e. The van der Waals surface area contributed by atoms with Gasteiger partial charge in [-0.3, -0.25) is 9.78 Å². The molecule has 0 aromatic carbocycles. The zero-order chi connectivity index (χ0) is 20.5. The van der Waals surface area contributed by atoms with E-state index in [9.17, 15) is 22.4 Å². The Kier molecular flexibility index (Phi) is 5.95. The number of nitrogens with one attached hydrogen (secondary N) is 1. The van der Waals surface area contributed by atoms with Crippen LogP contribution in [0.2, 0.25) is 5.02 Å². The Morgan fingerprint density at radius 2 is 1.93 bits per heavy atom. The molecule has 1 saturated heterocycles. The average Bonchev–Trinajstić information content (AvgIpc) is 2.99. The molecular formula is C18H17ClF4N4O. The van der Waals surface area contributed by atoms with Crippen LogP contribution < -0.4 is 5.32 Å². The number of alkyl halides is 4. The predicted molar refractivity (Wildman–Crippen MR) is 94.5 cm³/mol. The second-order valence-corrected chi connectivity index (χ2v) is 7.09. The van der Waals surface area contributed by atoms with Gasteiger partial charge in [-0.15, -0.1) is 0 Å². The van der Waals surface area contributed by atoms with Gasteiger partial charge in [0.05, 0.1) is 16.8 Å². The van der Waals surface area contributed by atoms with Crippen molar-refractivity contribution in [2.24, 2.45) is 0 Å². The number of carbonyl (C=O) groups excluding carboxylic acids is 1. The molecule has 2 aromatic heterocycles. The fourth-order valence-electron chi connectivity index (χ4n) is 3.01. The highest BCUT2D eigenvalue weighted by Crippen LogP contribution is 2.28. The lowest BCUT2D eigenvalue weighted by atomic mass is 10.0. The predicted octanol–water partition coefficient (Wildman–Crippen LogP) is 3.80. The van der Waals surface area contributed by atoms with Gasteiger partial charge in [-0.05, 0) is 25.0 Å². The number of carbonyl (C=O) groups is 1. The third-order valence-corrected chi connectivity index (χ3v) is 4.97. The van der Waals surface area contributed by atoms with Crippen LogP contribution in [-0.4, -0.2) is 39.0 Å². The van der Waals surface area contributed by atoms with Gasteiger partial charge in [0.25, 0.3) is 0 Å². The van der Waals surface area contributed by atoms with Gasteiger partial charge in [0.1, 0.15) is 12.0 Å². The largest absolute Gasteiger partial charge is 0.451 e. The first-order valence-electron chi connectivity index (χ1n) is 8.62. The number of ketones is 1. The average molecular weight is 417 g/mol. The maximum atomic E-state index is 13.6. The summed E-state index contributed by atoms with van der Waals surface area (Å²) >= 11 is 6.13. The van der Waals surface area contributed by atoms with E-state index >= 15 is 0 Å². The molecule has 1 N–H and O–H groups in total. The maximum Gasteiger partial charge on any atom is 0.451 e. The molecule has 0 amide bonds. The van der Waals surface area contributed by atoms with Crippen LogP contribution in [0.5, 0.6) is 0 Å². The normalized spacial score (nSPS) is 22.4. The summed E-state index contributed by atoms with van der Waals surface area (Å²) in [5.41, 5.74) is 1.25.